The number of fused-ring (bicyclic) bond motifs is 2. The van der Waals surface area contributed by atoms with Crippen LogP contribution in [-0.2, 0) is 11.8 Å². The lowest BCUT2D eigenvalue weighted by Crippen LogP contribution is -2.52. The number of hydrogen-bond acceptors (Lipinski definition) is 3. The van der Waals surface area contributed by atoms with Crippen LogP contribution in [0.1, 0.15) is 16.9 Å². The number of nitrogens with one attached hydrogen (secondary N) is 1. The normalized spacial score (nSPS) is 21.0. The highest BCUT2D eigenvalue weighted by Gasteiger charge is 2.52. The van der Waals surface area contributed by atoms with E-state index in [4.69, 9.17) is 11.6 Å². The Hall–Kier alpha value is -3.06. The largest absolute Gasteiger partial charge is 0.349 e. The van der Waals surface area contributed by atoms with Crippen molar-refractivity contribution >= 4 is 29.1 Å². The van der Waals surface area contributed by atoms with Gasteiger partial charge in [0, 0.05) is 30.5 Å². The van der Waals surface area contributed by atoms with Crippen molar-refractivity contribution in [2.45, 2.75) is 18.5 Å². The molecule has 2 bridgehead atoms. The lowest BCUT2D eigenvalue weighted by molar-refractivity contribution is -0.121. The van der Waals surface area contributed by atoms with Crippen molar-refractivity contribution in [1.82, 2.24) is 19.7 Å². The smallest absolute Gasteiger partial charge is 0.272 e. The molecule has 0 unspecified atom stereocenters. The summed E-state index contributed by atoms with van der Waals surface area (Å²) < 4.78 is 1.94. The minimum Gasteiger partial charge on any atom is -0.349 e. The number of halogens is 1. The molecular weight excluding hydrogens is 378 g/mol. The summed E-state index contributed by atoms with van der Waals surface area (Å²) in [5.74, 6) is -0.256. The SMILES string of the molecule is Cn1cccc1-c1cc(C(=O)N2C[C@@H]3C[C@H]2C(=O)N3c2cccc(Cl)c2)[nH]n1. The van der Waals surface area contributed by atoms with Gasteiger partial charge >= 0.3 is 0 Å². The van der Waals surface area contributed by atoms with Gasteiger partial charge in [-0.2, -0.15) is 5.10 Å². The summed E-state index contributed by atoms with van der Waals surface area (Å²) in [6.45, 7) is 0.500. The third kappa shape index (κ3) is 2.54. The Bertz CT molecular complexity index is 1090. The first-order valence-electron chi connectivity index (χ1n) is 9.09. The van der Waals surface area contributed by atoms with Gasteiger partial charge in [-0.15, -0.1) is 0 Å². The lowest BCUT2D eigenvalue weighted by atomic mass is 10.2. The van der Waals surface area contributed by atoms with Gasteiger partial charge in [-0.05, 0) is 42.8 Å². The van der Waals surface area contributed by atoms with Gasteiger partial charge in [0.2, 0.25) is 5.91 Å². The van der Waals surface area contributed by atoms with E-state index in [9.17, 15) is 9.59 Å². The Labute approximate surface area is 166 Å². The molecular formula is C20H18ClN5O2. The van der Waals surface area contributed by atoms with E-state index in [0.29, 0.717) is 29.4 Å². The quantitative estimate of drug-likeness (QED) is 0.741. The maximum atomic E-state index is 13.0. The fourth-order valence-electron chi connectivity index (χ4n) is 4.21. The number of aromatic amines is 1. The highest BCUT2D eigenvalue weighted by Crippen LogP contribution is 2.37. The molecule has 2 aliphatic rings. The molecule has 2 aliphatic heterocycles. The molecule has 7 nitrogen and oxygen atoms in total. The first-order valence-corrected chi connectivity index (χ1v) is 9.47. The summed E-state index contributed by atoms with van der Waals surface area (Å²) in [7, 11) is 1.92. The molecule has 28 heavy (non-hydrogen) atoms. The molecule has 8 heteroatoms. The number of aromatic nitrogens is 3. The van der Waals surface area contributed by atoms with Crippen molar-refractivity contribution < 1.29 is 9.59 Å². The number of anilines is 1. The molecule has 2 atom stereocenters. The van der Waals surface area contributed by atoms with E-state index in [-0.39, 0.29) is 17.9 Å². The number of rotatable bonds is 3. The summed E-state index contributed by atoms with van der Waals surface area (Å²) in [5, 5.41) is 7.68. The Morgan fingerprint density at radius 1 is 1.25 bits per heavy atom. The molecule has 2 aromatic heterocycles. The van der Waals surface area contributed by atoms with Crippen molar-refractivity contribution in [3.8, 4) is 11.4 Å². The Morgan fingerprint density at radius 3 is 2.82 bits per heavy atom. The molecule has 0 aliphatic carbocycles. The molecule has 142 valence electrons. The van der Waals surface area contributed by atoms with Crippen LogP contribution in [0.25, 0.3) is 11.4 Å². The van der Waals surface area contributed by atoms with Gasteiger partial charge < -0.3 is 14.4 Å². The van der Waals surface area contributed by atoms with E-state index in [2.05, 4.69) is 10.2 Å². The van der Waals surface area contributed by atoms with Crippen molar-refractivity contribution in [2.75, 3.05) is 11.4 Å². The van der Waals surface area contributed by atoms with Crippen LogP contribution in [-0.4, -0.2) is 50.1 Å². The number of H-pyrrole nitrogens is 1. The molecule has 0 radical (unpaired) electrons. The van der Waals surface area contributed by atoms with Crippen LogP contribution in [0, 0.1) is 0 Å². The Kier molecular flexibility index (Phi) is 3.80. The number of hydrogen-bond donors (Lipinski definition) is 1. The van der Waals surface area contributed by atoms with Gasteiger partial charge in [0.1, 0.15) is 17.4 Å². The molecule has 2 fully saturated rings. The van der Waals surface area contributed by atoms with E-state index < -0.39 is 6.04 Å². The summed E-state index contributed by atoms with van der Waals surface area (Å²) in [6, 6.07) is 12.4. The van der Waals surface area contributed by atoms with Crippen molar-refractivity contribution in [3.63, 3.8) is 0 Å². The fourth-order valence-corrected chi connectivity index (χ4v) is 4.39. The summed E-state index contributed by atoms with van der Waals surface area (Å²) in [4.78, 5) is 29.3. The molecule has 3 aromatic rings. The number of aryl methyl sites for hydroxylation is 1. The van der Waals surface area contributed by atoms with Crippen molar-refractivity contribution in [1.29, 1.82) is 0 Å². The maximum Gasteiger partial charge on any atom is 0.272 e. The van der Waals surface area contributed by atoms with Crippen molar-refractivity contribution in [3.05, 3.63) is 59.4 Å². The van der Waals surface area contributed by atoms with Gasteiger partial charge in [-0.3, -0.25) is 14.7 Å². The standard InChI is InChI=1S/C20H18ClN5O2/c1-24-7-3-6-17(24)15-10-16(23-22-15)19(27)25-11-14-9-18(25)20(28)26(14)13-5-2-4-12(21)8-13/h2-8,10,14,18H,9,11H2,1H3,(H,22,23)/t14-,18-/m0/s1. The van der Waals surface area contributed by atoms with E-state index in [0.717, 1.165) is 11.4 Å². The molecule has 4 heterocycles. The van der Waals surface area contributed by atoms with Gasteiger partial charge in [0.05, 0.1) is 11.7 Å². The second kappa shape index (κ2) is 6.24. The van der Waals surface area contributed by atoms with Crippen LogP contribution in [0.15, 0.2) is 48.7 Å². The van der Waals surface area contributed by atoms with Crippen LogP contribution < -0.4 is 4.90 Å². The Morgan fingerprint density at radius 2 is 2.11 bits per heavy atom. The molecule has 1 aromatic carbocycles. The number of benzene rings is 1. The molecule has 0 saturated carbocycles. The van der Waals surface area contributed by atoms with Crippen LogP contribution in [0.2, 0.25) is 5.02 Å². The molecule has 0 spiro atoms. The zero-order chi connectivity index (χ0) is 19.4. The second-order valence-electron chi connectivity index (χ2n) is 7.22. The fraction of sp³-hybridized carbons (Fsp3) is 0.250. The average Bonchev–Trinajstić information content (AvgIpc) is 3.44. The minimum atomic E-state index is -0.446. The molecule has 1 N–H and O–H groups in total. The third-order valence-corrected chi connectivity index (χ3v) is 5.76. The lowest BCUT2D eigenvalue weighted by Gasteiger charge is -2.33. The van der Waals surface area contributed by atoms with Crippen LogP contribution in [0.5, 0.6) is 0 Å². The number of likely N-dealkylation sites (tertiary alicyclic amines) is 1. The van der Waals surface area contributed by atoms with Crippen LogP contribution in [0.4, 0.5) is 5.69 Å². The van der Waals surface area contributed by atoms with Crippen LogP contribution >= 0.6 is 11.6 Å². The minimum absolute atomic E-state index is 0.0322. The van der Waals surface area contributed by atoms with E-state index >= 15 is 0 Å². The topological polar surface area (TPSA) is 74.2 Å². The first-order chi connectivity index (χ1) is 13.5. The number of piperazine rings is 1. The zero-order valence-corrected chi connectivity index (χ0v) is 15.9. The summed E-state index contributed by atoms with van der Waals surface area (Å²) in [6.07, 6.45) is 2.56. The monoisotopic (exact) mass is 395 g/mol. The average molecular weight is 396 g/mol. The third-order valence-electron chi connectivity index (χ3n) is 5.53. The second-order valence-corrected chi connectivity index (χ2v) is 7.66. The predicted octanol–water partition coefficient (Wildman–Crippen LogP) is 2.70. The first kappa shape index (κ1) is 17.1. The molecule has 5 rings (SSSR count). The number of amides is 2. The number of carbonyl (C=O) groups excluding carboxylic acids is 2. The maximum absolute atomic E-state index is 13.0. The van der Waals surface area contributed by atoms with Gasteiger partial charge in [0.15, 0.2) is 0 Å². The number of nitrogens with zero attached hydrogens (tertiary/aromatic N) is 4. The summed E-state index contributed by atoms with van der Waals surface area (Å²) in [5.41, 5.74) is 2.80. The van der Waals surface area contributed by atoms with Gasteiger partial charge in [-0.1, -0.05) is 17.7 Å². The zero-order valence-electron chi connectivity index (χ0n) is 15.2. The molecule has 2 amide bonds. The predicted molar refractivity (Wildman–Crippen MR) is 105 cm³/mol. The van der Waals surface area contributed by atoms with E-state index in [1.165, 1.54) is 0 Å². The van der Waals surface area contributed by atoms with Gasteiger partial charge in [0.25, 0.3) is 5.91 Å². The highest BCUT2D eigenvalue weighted by molar-refractivity contribution is 6.31. The van der Waals surface area contributed by atoms with E-state index in [1.54, 1.807) is 28.0 Å². The Balaban J connectivity index is 1.37. The molecule has 2 saturated heterocycles. The van der Waals surface area contributed by atoms with E-state index in [1.807, 2.05) is 42.1 Å². The van der Waals surface area contributed by atoms with Crippen LogP contribution in [0.3, 0.4) is 0 Å². The summed E-state index contributed by atoms with van der Waals surface area (Å²) >= 11 is 6.07. The van der Waals surface area contributed by atoms with Crippen molar-refractivity contribution in [2.24, 2.45) is 7.05 Å². The number of carbonyl (C=O) groups is 2. The van der Waals surface area contributed by atoms with Gasteiger partial charge in [-0.25, -0.2) is 0 Å². The highest BCUT2D eigenvalue weighted by atomic mass is 35.5.